The first-order chi connectivity index (χ1) is 8.62. The van der Waals surface area contributed by atoms with Gasteiger partial charge in [0.25, 0.3) is 0 Å². The monoisotopic (exact) mass is 256 g/mol. The van der Waals surface area contributed by atoms with Crippen LogP contribution in [0.4, 0.5) is 0 Å². The van der Waals surface area contributed by atoms with E-state index in [4.69, 9.17) is 10.5 Å². The lowest BCUT2D eigenvalue weighted by Crippen LogP contribution is -2.55. The Morgan fingerprint density at radius 1 is 1.44 bits per heavy atom. The number of nitrogens with two attached hydrogens (primary N) is 1. The van der Waals surface area contributed by atoms with Crippen molar-refractivity contribution in [2.24, 2.45) is 11.7 Å². The van der Waals surface area contributed by atoms with Crippen molar-refractivity contribution in [2.45, 2.75) is 57.9 Å². The molecular formula is C14H28N2O2. The van der Waals surface area contributed by atoms with Gasteiger partial charge in [-0.3, -0.25) is 4.79 Å². The molecule has 0 bridgehead atoms. The van der Waals surface area contributed by atoms with Gasteiger partial charge in [0.05, 0.1) is 5.54 Å². The standard InChI is InChI=1S/C14H28N2O2/c1-3-18-10-4-5-13(17)16-14(11-15)8-6-12(2)7-9-14/h12H,3-11,15H2,1-2H3,(H,16,17). The Kier molecular flexibility index (Phi) is 6.65. The van der Waals surface area contributed by atoms with E-state index in [1.807, 2.05) is 6.92 Å². The van der Waals surface area contributed by atoms with Crippen LogP contribution in [0.1, 0.15) is 52.4 Å². The molecule has 18 heavy (non-hydrogen) atoms. The molecule has 0 heterocycles. The van der Waals surface area contributed by atoms with Crippen molar-refractivity contribution in [3.05, 3.63) is 0 Å². The summed E-state index contributed by atoms with van der Waals surface area (Å²) in [5.41, 5.74) is 5.73. The van der Waals surface area contributed by atoms with Gasteiger partial charge in [-0.2, -0.15) is 0 Å². The van der Waals surface area contributed by atoms with E-state index in [0.29, 0.717) is 26.2 Å². The average molecular weight is 256 g/mol. The highest BCUT2D eigenvalue weighted by molar-refractivity contribution is 5.76. The molecule has 0 atom stereocenters. The molecule has 1 rings (SSSR count). The zero-order valence-electron chi connectivity index (χ0n) is 11.8. The summed E-state index contributed by atoms with van der Waals surface area (Å²) in [4.78, 5) is 11.9. The van der Waals surface area contributed by atoms with E-state index in [1.165, 1.54) is 0 Å². The van der Waals surface area contributed by atoms with Gasteiger partial charge in [-0.15, -0.1) is 0 Å². The molecule has 4 nitrogen and oxygen atoms in total. The number of amides is 1. The molecule has 1 saturated carbocycles. The van der Waals surface area contributed by atoms with Gasteiger partial charge in [-0.25, -0.2) is 0 Å². The van der Waals surface area contributed by atoms with Crippen LogP contribution in [-0.4, -0.2) is 31.2 Å². The summed E-state index contributed by atoms with van der Waals surface area (Å²) in [5, 5.41) is 3.16. The molecule has 0 saturated heterocycles. The van der Waals surface area contributed by atoms with Crippen LogP contribution in [0.25, 0.3) is 0 Å². The average Bonchev–Trinajstić information content (AvgIpc) is 2.38. The van der Waals surface area contributed by atoms with E-state index >= 15 is 0 Å². The largest absolute Gasteiger partial charge is 0.382 e. The van der Waals surface area contributed by atoms with Crippen molar-refractivity contribution in [1.82, 2.24) is 5.32 Å². The summed E-state index contributed by atoms with van der Waals surface area (Å²) in [6, 6.07) is 0. The maximum Gasteiger partial charge on any atom is 0.220 e. The number of rotatable bonds is 7. The number of carbonyl (C=O) groups excluding carboxylic acids is 1. The van der Waals surface area contributed by atoms with E-state index < -0.39 is 0 Å². The minimum Gasteiger partial charge on any atom is -0.382 e. The Balaban J connectivity index is 2.31. The van der Waals surface area contributed by atoms with Gasteiger partial charge in [0.1, 0.15) is 0 Å². The highest BCUT2D eigenvalue weighted by Gasteiger charge is 2.33. The van der Waals surface area contributed by atoms with Crippen molar-refractivity contribution in [3.63, 3.8) is 0 Å². The Labute approximate surface area is 111 Å². The number of hydrogen-bond donors (Lipinski definition) is 2. The minimum atomic E-state index is -0.144. The van der Waals surface area contributed by atoms with Crippen molar-refractivity contribution in [1.29, 1.82) is 0 Å². The van der Waals surface area contributed by atoms with Crippen LogP contribution < -0.4 is 11.1 Å². The summed E-state index contributed by atoms with van der Waals surface area (Å²) >= 11 is 0. The molecule has 0 aromatic carbocycles. The van der Waals surface area contributed by atoms with E-state index in [9.17, 15) is 4.79 Å². The number of ether oxygens (including phenoxy) is 1. The lowest BCUT2D eigenvalue weighted by molar-refractivity contribution is -0.123. The van der Waals surface area contributed by atoms with Crippen LogP contribution in [0.15, 0.2) is 0 Å². The first-order valence-electron chi connectivity index (χ1n) is 7.20. The van der Waals surface area contributed by atoms with Crippen molar-refractivity contribution < 1.29 is 9.53 Å². The van der Waals surface area contributed by atoms with Gasteiger partial charge in [0.15, 0.2) is 0 Å². The third-order valence-corrected chi connectivity index (χ3v) is 3.92. The van der Waals surface area contributed by atoms with Gasteiger partial charge >= 0.3 is 0 Å². The SMILES string of the molecule is CCOCCCC(=O)NC1(CN)CCC(C)CC1. The van der Waals surface area contributed by atoms with E-state index in [1.54, 1.807) is 0 Å². The zero-order chi connectivity index (χ0) is 13.4. The molecule has 1 amide bonds. The normalized spacial score (nSPS) is 28.1. The van der Waals surface area contributed by atoms with Crippen LogP contribution in [0.2, 0.25) is 0 Å². The first-order valence-corrected chi connectivity index (χ1v) is 7.20. The highest BCUT2D eigenvalue weighted by atomic mass is 16.5. The second-order valence-electron chi connectivity index (χ2n) is 5.52. The number of carbonyl (C=O) groups is 1. The van der Waals surface area contributed by atoms with Crippen molar-refractivity contribution >= 4 is 5.91 Å². The van der Waals surface area contributed by atoms with Crippen LogP contribution in [0, 0.1) is 5.92 Å². The second kappa shape index (κ2) is 7.74. The maximum absolute atomic E-state index is 11.9. The Bertz CT molecular complexity index is 248. The van der Waals surface area contributed by atoms with Gasteiger partial charge < -0.3 is 15.8 Å². The van der Waals surface area contributed by atoms with Gasteiger partial charge in [0.2, 0.25) is 5.91 Å². The second-order valence-corrected chi connectivity index (χ2v) is 5.52. The molecule has 4 heteroatoms. The third-order valence-electron chi connectivity index (χ3n) is 3.92. The summed E-state index contributed by atoms with van der Waals surface area (Å²) in [5.74, 6) is 0.884. The molecule has 0 aromatic heterocycles. The molecule has 1 fully saturated rings. The zero-order valence-corrected chi connectivity index (χ0v) is 11.8. The molecule has 0 spiro atoms. The van der Waals surface area contributed by atoms with Crippen molar-refractivity contribution in [2.75, 3.05) is 19.8 Å². The molecular weight excluding hydrogens is 228 g/mol. The first kappa shape index (κ1) is 15.4. The van der Waals surface area contributed by atoms with E-state index in [2.05, 4.69) is 12.2 Å². The Morgan fingerprint density at radius 3 is 2.67 bits per heavy atom. The lowest BCUT2D eigenvalue weighted by atomic mass is 9.77. The highest BCUT2D eigenvalue weighted by Crippen LogP contribution is 2.31. The fourth-order valence-electron chi connectivity index (χ4n) is 2.53. The lowest BCUT2D eigenvalue weighted by Gasteiger charge is -2.39. The summed E-state index contributed by atoms with van der Waals surface area (Å²) < 4.78 is 5.23. The summed E-state index contributed by atoms with van der Waals surface area (Å²) in [7, 11) is 0. The Hall–Kier alpha value is -0.610. The molecule has 106 valence electrons. The van der Waals surface area contributed by atoms with Crippen molar-refractivity contribution in [3.8, 4) is 0 Å². The molecule has 1 aliphatic carbocycles. The van der Waals surface area contributed by atoms with Gasteiger partial charge in [0, 0.05) is 26.2 Å². The van der Waals surface area contributed by atoms with Crippen LogP contribution in [-0.2, 0) is 9.53 Å². The predicted molar refractivity (Wildman–Crippen MR) is 73.3 cm³/mol. The summed E-state index contributed by atoms with van der Waals surface area (Å²) in [6.45, 7) is 6.16. The maximum atomic E-state index is 11.9. The van der Waals surface area contributed by atoms with Gasteiger partial charge in [-0.1, -0.05) is 6.92 Å². The minimum absolute atomic E-state index is 0.120. The molecule has 0 aromatic rings. The topological polar surface area (TPSA) is 64.3 Å². The fraction of sp³-hybridized carbons (Fsp3) is 0.929. The van der Waals surface area contributed by atoms with E-state index in [0.717, 1.165) is 38.0 Å². The molecule has 0 aliphatic heterocycles. The molecule has 0 unspecified atom stereocenters. The fourth-order valence-corrected chi connectivity index (χ4v) is 2.53. The quantitative estimate of drug-likeness (QED) is 0.683. The van der Waals surface area contributed by atoms with Gasteiger partial charge in [-0.05, 0) is 44.9 Å². The molecule has 0 radical (unpaired) electrons. The summed E-state index contributed by atoms with van der Waals surface area (Å²) in [6.07, 6.45) is 5.69. The van der Waals surface area contributed by atoms with Crippen LogP contribution in [0.5, 0.6) is 0 Å². The third kappa shape index (κ3) is 4.94. The Morgan fingerprint density at radius 2 is 2.11 bits per heavy atom. The predicted octanol–water partition coefficient (Wildman–Crippen LogP) is 1.83. The molecule has 3 N–H and O–H groups in total. The van der Waals surface area contributed by atoms with E-state index in [-0.39, 0.29) is 11.4 Å². The smallest absolute Gasteiger partial charge is 0.220 e. The molecule has 1 aliphatic rings. The number of nitrogens with one attached hydrogen (secondary N) is 1. The van der Waals surface area contributed by atoms with Crippen LogP contribution >= 0.6 is 0 Å². The van der Waals surface area contributed by atoms with Crippen LogP contribution in [0.3, 0.4) is 0 Å². The number of hydrogen-bond acceptors (Lipinski definition) is 3.